The van der Waals surface area contributed by atoms with Gasteiger partial charge in [-0.15, -0.1) is 0 Å². The van der Waals surface area contributed by atoms with Gasteiger partial charge in [-0.2, -0.15) is 0 Å². The summed E-state index contributed by atoms with van der Waals surface area (Å²) in [4.78, 5) is 30.4. The molecule has 3 aromatic rings. The molecule has 1 aromatic heterocycles. The molecule has 2 aliphatic rings. The molecule has 0 N–H and O–H groups in total. The van der Waals surface area contributed by atoms with Crippen molar-refractivity contribution >= 4 is 16.9 Å². The molecular weight excluding hydrogens is 371 g/mol. The summed E-state index contributed by atoms with van der Waals surface area (Å²) < 4.78 is 20.4. The van der Waals surface area contributed by atoms with Crippen LogP contribution in [0.25, 0.3) is 16.6 Å². The van der Waals surface area contributed by atoms with Crippen LogP contribution in [0.4, 0.5) is 4.39 Å². The van der Waals surface area contributed by atoms with Crippen LogP contribution >= 0.6 is 0 Å². The summed E-state index contributed by atoms with van der Waals surface area (Å²) in [6.07, 6.45) is 4.33. The van der Waals surface area contributed by atoms with Gasteiger partial charge in [0.25, 0.3) is 5.56 Å². The summed E-state index contributed by atoms with van der Waals surface area (Å²) in [6, 6.07) is 12.7. The van der Waals surface area contributed by atoms with Gasteiger partial charge in [0.15, 0.2) is 5.82 Å². The predicted octanol–water partition coefficient (Wildman–Crippen LogP) is 4.00. The van der Waals surface area contributed by atoms with E-state index in [1.165, 1.54) is 35.3 Å². The number of carbonyl (C=O) groups is 1. The van der Waals surface area contributed by atoms with E-state index in [1.54, 1.807) is 18.2 Å². The number of ether oxygens (including phenoxy) is 1. The van der Waals surface area contributed by atoms with Gasteiger partial charge in [-0.05, 0) is 67.5 Å². The van der Waals surface area contributed by atoms with Crippen molar-refractivity contribution < 1.29 is 13.9 Å². The Hall–Kier alpha value is -3.02. The average molecular weight is 392 g/mol. The SMILES string of the molecule is O=C(OCc1nc2ccccc2c(=O)n1-c1ccc(F)cc1)[C@@H]1C[C@H]2CC[C@H]1C2. The quantitative estimate of drug-likeness (QED) is 0.630. The molecule has 29 heavy (non-hydrogen) atoms. The number of carbonyl (C=O) groups excluding carboxylic acids is 1. The topological polar surface area (TPSA) is 61.2 Å². The number of fused-ring (bicyclic) bond motifs is 3. The molecule has 0 aliphatic heterocycles. The minimum atomic E-state index is -0.389. The van der Waals surface area contributed by atoms with E-state index in [4.69, 9.17) is 4.74 Å². The fourth-order valence-electron chi connectivity index (χ4n) is 4.91. The molecule has 3 atom stereocenters. The molecule has 0 amide bonds. The first-order chi connectivity index (χ1) is 14.1. The van der Waals surface area contributed by atoms with Gasteiger partial charge >= 0.3 is 5.97 Å². The lowest BCUT2D eigenvalue weighted by Gasteiger charge is -2.20. The summed E-state index contributed by atoms with van der Waals surface area (Å²) in [6.45, 7) is -0.0931. The predicted molar refractivity (Wildman–Crippen MR) is 106 cm³/mol. The third-order valence-electron chi connectivity index (χ3n) is 6.31. The van der Waals surface area contributed by atoms with Gasteiger partial charge in [-0.1, -0.05) is 18.6 Å². The fraction of sp³-hybridized carbons (Fsp3) is 0.348. The van der Waals surface area contributed by atoms with Crippen LogP contribution in [-0.2, 0) is 16.1 Å². The lowest BCUT2D eigenvalue weighted by atomic mass is 9.89. The number of esters is 1. The monoisotopic (exact) mass is 392 g/mol. The smallest absolute Gasteiger partial charge is 0.309 e. The number of hydrogen-bond acceptors (Lipinski definition) is 4. The molecular formula is C23H21FN2O3. The molecule has 148 valence electrons. The molecule has 2 fully saturated rings. The van der Waals surface area contributed by atoms with Crippen molar-refractivity contribution in [2.45, 2.75) is 32.3 Å². The highest BCUT2D eigenvalue weighted by Crippen LogP contribution is 2.48. The van der Waals surface area contributed by atoms with E-state index in [2.05, 4.69) is 4.98 Å². The highest BCUT2D eigenvalue weighted by molar-refractivity contribution is 5.78. The van der Waals surface area contributed by atoms with Crippen LogP contribution < -0.4 is 5.56 Å². The largest absolute Gasteiger partial charge is 0.457 e. The van der Waals surface area contributed by atoms with E-state index in [1.807, 2.05) is 6.07 Å². The Morgan fingerprint density at radius 1 is 1.10 bits per heavy atom. The Balaban J connectivity index is 1.50. The van der Waals surface area contributed by atoms with Crippen molar-refractivity contribution in [3.8, 4) is 5.69 Å². The summed E-state index contributed by atoms with van der Waals surface area (Å²) >= 11 is 0. The molecule has 6 heteroatoms. The van der Waals surface area contributed by atoms with Gasteiger partial charge in [0, 0.05) is 0 Å². The third-order valence-corrected chi connectivity index (χ3v) is 6.31. The summed E-state index contributed by atoms with van der Waals surface area (Å²) in [7, 11) is 0. The van der Waals surface area contributed by atoms with E-state index < -0.39 is 0 Å². The van der Waals surface area contributed by atoms with E-state index in [0.29, 0.717) is 34.3 Å². The van der Waals surface area contributed by atoms with Gasteiger partial charge in [0.2, 0.25) is 0 Å². The summed E-state index contributed by atoms with van der Waals surface area (Å²) in [5.74, 6) is 0.771. The second kappa shape index (κ2) is 7.10. The minimum Gasteiger partial charge on any atom is -0.457 e. The zero-order valence-corrected chi connectivity index (χ0v) is 15.9. The Morgan fingerprint density at radius 2 is 1.90 bits per heavy atom. The van der Waals surface area contributed by atoms with Crippen LogP contribution in [0.5, 0.6) is 0 Å². The van der Waals surface area contributed by atoms with Crippen molar-refractivity contribution in [1.29, 1.82) is 0 Å². The Labute approximate surface area is 167 Å². The lowest BCUT2D eigenvalue weighted by molar-refractivity contribution is -0.152. The Bertz CT molecular complexity index is 1140. The first kappa shape index (κ1) is 18.0. The molecule has 2 aromatic carbocycles. The van der Waals surface area contributed by atoms with Crippen LogP contribution in [0.1, 0.15) is 31.5 Å². The van der Waals surface area contributed by atoms with Crippen LogP contribution in [0.2, 0.25) is 0 Å². The fourth-order valence-corrected chi connectivity index (χ4v) is 4.91. The van der Waals surface area contributed by atoms with Crippen molar-refractivity contribution in [3.05, 3.63) is 70.5 Å². The Kier molecular flexibility index (Phi) is 4.42. The highest BCUT2D eigenvalue weighted by atomic mass is 19.1. The first-order valence-corrected chi connectivity index (χ1v) is 10.0. The van der Waals surface area contributed by atoms with Crippen molar-refractivity contribution in [2.24, 2.45) is 17.8 Å². The van der Waals surface area contributed by atoms with E-state index in [9.17, 15) is 14.0 Å². The van der Waals surface area contributed by atoms with Crippen molar-refractivity contribution in [2.75, 3.05) is 0 Å². The molecule has 2 bridgehead atoms. The Morgan fingerprint density at radius 3 is 2.62 bits per heavy atom. The maximum atomic E-state index is 13.4. The number of para-hydroxylation sites is 1. The average Bonchev–Trinajstić information content (AvgIpc) is 3.37. The summed E-state index contributed by atoms with van der Waals surface area (Å²) in [5, 5.41) is 0.458. The van der Waals surface area contributed by atoms with E-state index in [0.717, 1.165) is 19.3 Å². The van der Waals surface area contributed by atoms with Gasteiger partial charge in [0.05, 0.1) is 22.5 Å². The molecule has 0 spiro atoms. The third kappa shape index (κ3) is 3.22. The first-order valence-electron chi connectivity index (χ1n) is 10.0. The number of aromatic nitrogens is 2. The van der Waals surface area contributed by atoms with Crippen LogP contribution in [0, 0.1) is 23.6 Å². The molecule has 5 nitrogen and oxygen atoms in total. The number of halogens is 1. The highest BCUT2D eigenvalue weighted by Gasteiger charge is 2.44. The molecule has 0 unspecified atom stereocenters. The van der Waals surface area contributed by atoms with Crippen LogP contribution in [0.15, 0.2) is 53.3 Å². The number of rotatable bonds is 4. The normalized spacial score (nSPS) is 22.9. The van der Waals surface area contributed by atoms with Crippen molar-refractivity contribution in [1.82, 2.24) is 9.55 Å². The van der Waals surface area contributed by atoms with Gasteiger partial charge in [-0.3, -0.25) is 14.2 Å². The van der Waals surface area contributed by atoms with Gasteiger partial charge in [0.1, 0.15) is 12.4 Å². The molecule has 2 saturated carbocycles. The number of hydrogen-bond donors (Lipinski definition) is 0. The van der Waals surface area contributed by atoms with Crippen molar-refractivity contribution in [3.63, 3.8) is 0 Å². The maximum Gasteiger partial charge on any atom is 0.309 e. The maximum absolute atomic E-state index is 13.4. The van der Waals surface area contributed by atoms with Gasteiger partial charge in [-0.25, -0.2) is 9.37 Å². The van der Waals surface area contributed by atoms with Gasteiger partial charge < -0.3 is 4.74 Å². The lowest BCUT2D eigenvalue weighted by Crippen LogP contribution is -2.27. The zero-order chi connectivity index (χ0) is 20.0. The second-order valence-corrected chi connectivity index (χ2v) is 8.05. The van der Waals surface area contributed by atoms with Crippen LogP contribution in [-0.4, -0.2) is 15.5 Å². The van der Waals surface area contributed by atoms with E-state index >= 15 is 0 Å². The number of nitrogens with zero attached hydrogens (tertiary/aromatic N) is 2. The van der Waals surface area contributed by atoms with Crippen LogP contribution in [0.3, 0.4) is 0 Å². The molecule has 1 heterocycles. The zero-order valence-electron chi connectivity index (χ0n) is 15.9. The molecule has 0 saturated heterocycles. The van der Waals surface area contributed by atoms with E-state index in [-0.39, 0.29) is 29.9 Å². The second-order valence-electron chi connectivity index (χ2n) is 8.05. The number of benzene rings is 2. The molecule has 5 rings (SSSR count). The standard InChI is InChI=1S/C23H21FN2O3/c24-16-7-9-17(10-8-16)26-21(25-20-4-2-1-3-18(20)22(26)27)13-29-23(28)19-12-14-5-6-15(19)11-14/h1-4,7-10,14-15,19H,5-6,11-13H2/t14-,15-,19+/m0/s1. The molecule has 2 aliphatic carbocycles. The minimum absolute atomic E-state index is 0.0415. The summed E-state index contributed by atoms with van der Waals surface area (Å²) in [5.41, 5.74) is 0.760. The molecule has 0 radical (unpaired) electrons.